The molecule has 0 aromatic carbocycles. The molecule has 4 saturated carbocycles. The number of carbonyl (C=O) groups excluding carboxylic acids is 4. The highest BCUT2D eigenvalue weighted by Crippen LogP contribution is 2.74. The largest absolute Gasteiger partial charge is 0.462 e. The lowest BCUT2D eigenvalue weighted by molar-refractivity contribution is -0.250. The lowest BCUT2D eigenvalue weighted by atomic mass is 9.41. The van der Waals surface area contributed by atoms with Gasteiger partial charge >= 0.3 is 17.9 Å². The average Bonchev–Trinajstić information content (AvgIpc) is 3.83. The highest BCUT2D eigenvalue weighted by Gasteiger charge is 2.84. The zero-order chi connectivity index (χ0) is 31.0. The molecule has 3 heterocycles. The predicted octanol–water partition coefficient (Wildman–Crippen LogP) is 1.65. The summed E-state index contributed by atoms with van der Waals surface area (Å²) < 4.78 is 30.1. The Kier molecular flexibility index (Phi) is 6.38. The van der Waals surface area contributed by atoms with Crippen molar-refractivity contribution in [3.05, 3.63) is 11.1 Å². The number of ether oxygens (including phenoxy) is 5. The van der Waals surface area contributed by atoms with Gasteiger partial charge in [0.1, 0.15) is 41.9 Å². The standard InChI is InChI=1S/C32H42O11/c1-12-7-20(42-29(37)16(12)11-33)13(2)24-19(36)8-17-23-18(9-22(30(17,24)5)39-14(3)34)31(6)27(40-15(4)35)25-21(41-25)10-32(31,38)28-26(23)43-28/h13,17-18,20-28,33,38H,7-11H2,1-6H3/t13-,17+,18+,20-,21+,22+,23-,24+,25+,26+,27+,28+,30-,31+,32+/m1/s1. The van der Waals surface area contributed by atoms with E-state index in [9.17, 15) is 29.4 Å². The first-order valence-electron chi connectivity index (χ1n) is 15.6. The quantitative estimate of drug-likeness (QED) is 0.267. The number of ketones is 1. The lowest BCUT2D eigenvalue weighted by Crippen LogP contribution is -2.72. The topological polar surface area (TPSA) is 161 Å². The van der Waals surface area contributed by atoms with Gasteiger partial charge in [0.2, 0.25) is 0 Å². The molecule has 236 valence electrons. The van der Waals surface area contributed by atoms with E-state index in [1.165, 1.54) is 13.8 Å². The van der Waals surface area contributed by atoms with Crippen molar-refractivity contribution in [2.45, 2.75) is 116 Å². The number of aliphatic hydroxyl groups excluding tert-OH is 1. The molecule has 0 aromatic rings. The Labute approximate surface area is 250 Å². The predicted molar refractivity (Wildman–Crippen MR) is 146 cm³/mol. The van der Waals surface area contributed by atoms with Crippen LogP contribution in [0.2, 0.25) is 0 Å². The van der Waals surface area contributed by atoms with E-state index < -0.39 is 71.3 Å². The SMILES string of the molecule is CC(=O)O[C@H]1C[C@H]2[C@H]([C@@H]3O[C@@H]3[C@@]3(O)C[C@@H]4O[C@@H]4[C@H](OC(C)=O)[C@]23C)[C@@H]2CC(=O)[C@H]([C@H](C)[C@H]3CC(C)=C(CO)C(=O)O3)[C@@]12C. The number of epoxide rings is 2. The Bertz CT molecular complexity index is 1320. The number of hydrogen-bond acceptors (Lipinski definition) is 11. The summed E-state index contributed by atoms with van der Waals surface area (Å²) in [4.78, 5) is 51.8. The normalized spacial score (nSPS) is 51.6. The molecule has 0 spiro atoms. The van der Waals surface area contributed by atoms with Gasteiger partial charge in [0.05, 0.1) is 24.4 Å². The van der Waals surface area contributed by atoms with Crippen LogP contribution in [-0.4, -0.2) is 88.8 Å². The van der Waals surface area contributed by atoms with Crippen LogP contribution in [0.5, 0.6) is 0 Å². The molecule has 3 aliphatic heterocycles. The third-order valence-corrected chi connectivity index (χ3v) is 12.8. The molecule has 7 aliphatic rings. The number of rotatable bonds is 5. The first-order chi connectivity index (χ1) is 20.2. The van der Waals surface area contributed by atoms with Crippen molar-refractivity contribution >= 4 is 23.7 Å². The number of aliphatic hydroxyl groups is 2. The molecular weight excluding hydrogens is 560 g/mol. The molecular formula is C32H42O11. The summed E-state index contributed by atoms with van der Waals surface area (Å²) in [6.07, 6.45) is -1.91. The summed E-state index contributed by atoms with van der Waals surface area (Å²) in [5, 5.41) is 22.0. The van der Waals surface area contributed by atoms with Crippen molar-refractivity contribution in [2.24, 2.45) is 40.4 Å². The van der Waals surface area contributed by atoms with E-state index >= 15 is 0 Å². The van der Waals surface area contributed by atoms with E-state index in [0.29, 0.717) is 19.3 Å². The van der Waals surface area contributed by atoms with E-state index in [2.05, 4.69) is 0 Å². The van der Waals surface area contributed by atoms with Gasteiger partial charge in [0.25, 0.3) is 0 Å². The molecule has 0 radical (unpaired) electrons. The summed E-state index contributed by atoms with van der Waals surface area (Å²) >= 11 is 0. The Morgan fingerprint density at radius 1 is 1.05 bits per heavy atom. The maximum absolute atomic E-state index is 14.1. The molecule has 11 heteroatoms. The fraction of sp³-hybridized carbons (Fsp3) is 0.812. The van der Waals surface area contributed by atoms with Gasteiger partial charge in [-0.25, -0.2) is 4.79 Å². The van der Waals surface area contributed by atoms with Gasteiger partial charge in [-0.15, -0.1) is 0 Å². The highest BCUT2D eigenvalue weighted by molar-refractivity contribution is 5.91. The van der Waals surface area contributed by atoms with Gasteiger partial charge in [-0.3, -0.25) is 14.4 Å². The van der Waals surface area contributed by atoms with Crippen LogP contribution in [0, 0.1) is 40.4 Å². The first-order valence-corrected chi connectivity index (χ1v) is 15.6. The van der Waals surface area contributed by atoms with Gasteiger partial charge in [-0.2, -0.15) is 0 Å². The minimum atomic E-state index is -1.31. The molecule has 0 unspecified atom stereocenters. The zero-order valence-electron chi connectivity index (χ0n) is 25.5. The Morgan fingerprint density at radius 2 is 1.74 bits per heavy atom. The van der Waals surface area contributed by atoms with Crippen LogP contribution in [-0.2, 0) is 42.9 Å². The van der Waals surface area contributed by atoms with Crippen LogP contribution in [0.4, 0.5) is 0 Å². The van der Waals surface area contributed by atoms with Gasteiger partial charge in [0, 0.05) is 55.8 Å². The third-order valence-electron chi connectivity index (χ3n) is 12.8. The van der Waals surface area contributed by atoms with Gasteiger partial charge in [0.15, 0.2) is 0 Å². The van der Waals surface area contributed by atoms with E-state index in [1.807, 2.05) is 20.8 Å². The van der Waals surface area contributed by atoms with E-state index in [4.69, 9.17) is 23.7 Å². The fourth-order valence-corrected chi connectivity index (χ4v) is 10.8. The number of cyclic esters (lactones) is 1. The molecule has 0 aromatic heterocycles. The summed E-state index contributed by atoms with van der Waals surface area (Å²) in [5.74, 6) is -3.11. The van der Waals surface area contributed by atoms with Crippen LogP contribution >= 0.6 is 0 Å². The molecule has 7 rings (SSSR count). The first kappa shape index (κ1) is 29.4. The van der Waals surface area contributed by atoms with E-state index in [0.717, 1.165) is 5.57 Å². The maximum Gasteiger partial charge on any atom is 0.336 e. The smallest absolute Gasteiger partial charge is 0.336 e. The van der Waals surface area contributed by atoms with Gasteiger partial charge in [-0.05, 0) is 31.1 Å². The van der Waals surface area contributed by atoms with Crippen LogP contribution < -0.4 is 0 Å². The fourth-order valence-electron chi connectivity index (χ4n) is 10.8. The molecule has 0 amide bonds. The molecule has 43 heavy (non-hydrogen) atoms. The lowest BCUT2D eigenvalue weighted by Gasteiger charge is -2.63. The zero-order valence-corrected chi connectivity index (χ0v) is 25.5. The van der Waals surface area contributed by atoms with Crippen molar-refractivity contribution in [1.82, 2.24) is 0 Å². The molecule has 6 fully saturated rings. The molecule has 4 aliphatic carbocycles. The Morgan fingerprint density at radius 3 is 2.37 bits per heavy atom. The number of hydrogen-bond donors (Lipinski definition) is 2. The highest BCUT2D eigenvalue weighted by atomic mass is 16.6. The second-order valence-electron chi connectivity index (χ2n) is 14.7. The second-order valence-corrected chi connectivity index (χ2v) is 14.7. The minimum Gasteiger partial charge on any atom is -0.462 e. The van der Waals surface area contributed by atoms with Crippen molar-refractivity contribution in [1.29, 1.82) is 0 Å². The van der Waals surface area contributed by atoms with Gasteiger partial charge < -0.3 is 33.9 Å². The van der Waals surface area contributed by atoms with Crippen molar-refractivity contribution < 1.29 is 53.1 Å². The number of esters is 3. The maximum atomic E-state index is 14.1. The average molecular weight is 603 g/mol. The number of carbonyl (C=O) groups is 4. The third kappa shape index (κ3) is 3.80. The molecule has 2 saturated heterocycles. The molecule has 0 bridgehead atoms. The monoisotopic (exact) mass is 602 g/mol. The van der Waals surface area contributed by atoms with Gasteiger partial charge in [-0.1, -0.05) is 26.3 Å². The van der Waals surface area contributed by atoms with Crippen molar-refractivity contribution in [3.63, 3.8) is 0 Å². The van der Waals surface area contributed by atoms with Crippen molar-refractivity contribution in [3.8, 4) is 0 Å². The van der Waals surface area contributed by atoms with Crippen LogP contribution in [0.3, 0.4) is 0 Å². The van der Waals surface area contributed by atoms with Crippen molar-refractivity contribution in [2.75, 3.05) is 6.61 Å². The molecule has 15 atom stereocenters. The molecule has 2 N–H and O–H groups in total. The number of Topliss-reactive ketones (excluding diaryl/α,β-unsaturated/α-hetero) is 1. The molecule has 11 nitrogen and oxygen atoms in total. The Hall–Kier alpha value is -2.34. The summed E-state index contributed by atoms with van der Waals surface area (Å²) in [6.45, 7) is 9.99. The summed E-state index contributed by atoms with van der Waals surface area (Å²) in [6, 6.07) is 0. The van der Waals surface area contributed by atoms with Crippen LogP contribution in [0.1, 0.15) is 67.2 Å². The Balaban J connectivity index is 1.29. The van der Waals surface area contributed by atoms with E-state index in [-0.39, 0.29) is 59.8 Å². The summed E-state index contributed by atoms with van der Waals surface area (Å²) in [7, 11) is 0. The second kappa shape index (κ2) is 9.34. The number of fused-ring (bicyclic) bond motifs is 9. The summed E-state index contributed by atoms with van der Waals surface area (Å²) in [5.41, 5.74) is -2.08. The van der Waals surface area contributed by atoms with Crippen LogP contribution in [0.25, 0.3) is 0 Å². The van der Waals surface area contributed by atoms with Crippen LogP contribution in [0.15, 0.2) is 11.1 Å². The van der Waals surface area contributed by atoms with E-state index in [1.54, 1.807) is 6.92 Å². The minimum absolute atomic E-state index is 0.0254.